The van der Waals surface area contributed by atoms with E-state index in [1.807, 2.05) is 6.07 Å². The standard InChI is InChI=1S/C24H36N2O.C6H4O3/c1-16(25(3)4)20-9-10-23(2)22-13-18-7-8-19(27)14-21(18)24(20,23)11-12-26(22)15-17-5-6-17;7-3-5-1-2-6(8)9-4-5/h7-8,14,16-17,20,22,27H,5-6,9-13,15H2,1-4H3;1-4H. The summed E-state index contributed by atoms with van der Waals surface area (Å²) >= 11 is 0. The minimum atomic E-state index is -0.444. The second-order valence-electron chi connectivity index (χ2n) is 12.0. The quantitative estimate of drug-likeness (QED) is 0.620. The van der Waals surface area contributed by atoms with Gasteiger partial charge in [-0.25, -0.2) is 4.79 Å². The van der Waals surface area contributed by atoms with Crippen LogP contribution in [0.3, 0.4) is 0 Å². The number of aromatic hydroxyl groups is 1. The van der Waals surface area contributed by atoms with Crippen molar-refractivity contribution in [2.24, 2.45) is 17.3 Å². The lowest BCUT2D eigenvalue weighted by Gasteiger charge is -2.63. The molecular formula is C30H40N2O4. The fraction of sp³-hybridized carbons (Fsp3) is 0.600. The van der Waals surface area contributed by atoms with Crippen LogP contribution >= 0.6 is 0 Å². The predicted molar refractivity (Wildman–Crippen MR) is 141 cm³/mol. The maximum absolute atomic E-state index is 10.4. The topological polar surface area (TPSA) is 74.0 Å². The van der Waals surface area contributed by atoms with E-state index in [-0.39, 0.29) is 5.41 Å². The van der Waals surface area contributed by atoms with E-state index < -0.39 is 5.63 Å². The molecule has 2 aromatic rings. The number of aldehydes is 1. The van der Waals surface area contributed by atoms with Crippen LogP contribution in [0.5, 0.6) is 5.75 Å². The molecule has 0 amide bonds. The van der Waals surface area contributed by atoms with Crippen molar-refractivity contribution >= 4 is 6.29 Å². The molecule has 1 N–H and O–H groups in total. The number of carbonyl (C=O) groups excluding carboxylic acids is 1. The Hall–Kier alpha value is -2.44. The van der Waals surface area contributed by atoms with E-state index in [0.717, 1.165) is 12.2 Å². The monoisotopic (exact) mass is 492 g/mol. The van der Waals surface area contributed by atoms with Crippen molar-refractivity contribution in [2.45, 2.75) is 69.9 Å². The van der Waals surface area contributed by atoms with Crippen molar-refractivity contribution in [3.8, 4) is 5.75 Å². The molecule has 3 fully saturated rings. The number of nitrogens with zero attached hydrogens (tertiary/aromatic N) is 2. The Morgan fingerprint density at radius 1 is 1.19 bits per heavy atom. The second-order valence-corrected chi connectivity index (χ2v) is 12.0. The number of carbonyl (C=O) groups is 1. The average Bonchev–Trinajstić information content (AvgIpc) is 3.61. The van der Waals surface area contributed by atoms with Gasteiger partial charge in [-0.1, -0.05) is 13.0 Å². The largest absolute Gasteiger partial charge is 0.508 e. The first-order valence-electron chi connectivity index (χ1n) is 13.5. The summed E-state index contributed by atoms with van der Waals surface area (Å²) in [6.07, 6.45) is 9.69. The zero-order chi connectivity index (χ0) is 25.7. The highest BCUT2D eigenvalue weighted by Crippen LogP contribution is 2.68. The molecule has 194 valence electrons. The van der Waals surface area contributed by atoms with Crippen LogP contribution in [0.2, 0.25) is 0 Å². The molecule has 1 aromatic heterocycles. The van der Waals surface area contributed by atoms with Crippen molar-refractivity contribution in [3.05, 3.63) is 63.7 Å². The van der Waals surface area contributed by atoms with Gasteiger partial charge in [-0.2, -0.15) is 0 Å². The van der Waals surface area contributed by atoms with E-state index in [1.54, 1.807) is 0 Å². The minimum absolute atomic E-state index is 0.216. The maximum atomic E-state index is 10.4. The van der Waals surface area contributed by atoms with E-state index >= 15 is 0 Å². The summed E-state index contributed by atoms with van der Waals surface area (Å²) in [6, 6.07) is 10.1. The Bertz CT molecular complexity index is 1150. The van der Waals surface area contributed by atoms with Crippen LogP contribution in [0.1, 0.15) is 67.4 Å². The van der Waals surface area contributed by atoms with Crippen LogP contribution in [0.25, 0.3) is 0 Å². The summed E-state index contributed by atoms with van der Waals surface area (Å²) in [7, 11) is 4.48. The lowest BCUT2D eigenvalue weighted by molar-refractivity contribution is -0.0629. The molecule has 4 aliphatic rings. The molecule has 6 rings (SSSR count). The van der Waals surface area contributed by atoms with Crippen molar-refractivity contribution < 1.29 is 14.3 Å². The Morgan fingerprint density at radius 3 is 2.61 bits per heavy atom. The number of piperidine rings is 1. The summed E-state index contributed by atoms with van der Waals surface area (Å²) in [5.41, 5.74) is 3.47. The molecule has 5 atom stereocenters. The molecule has 0 radical (unpaired) electrons. The molecule has 1 aromatic carbocycles. The first-order chi connectivity index (χ1) is 17.2. The summed E-state index contributed by atoms with van der Waals surface area (Å²) in [5, 5.41) is 10.4. The van der Waals surface area contributed by atoms with Crippen molar-refractivity contribution in [3.63, 3.8) is 0 Å². The minimum Gasteiger partial charge on any atom is -0.508 e. The fourth-order valence-electron chi connectivity index (χ4n) is 7.82. The molecule has 0 spiro atoms. The van der Waals surface area contributed by atoms with Crippen LogP contribution in [0.15, 0.2) is 45.8 Å². The van der Waals surface area contributed by atoms with Gasteiger partial charge in [0.05, 0.1) is 0 Å². The molecule has 2 saturated carbocycles. The summed E-state index contributed by atoms with van der Waals surface area (Å²) in [4.78, 5) is 25.5. The number of hydrogen-bond acceptors (Lipinski definition) is 6. The number of rotatable bonds is 5. The smallest absolute Gasteiger partial charge is 0.335 e. The predicted octanol–water partition coefficient (Wildman–Crippen LogP) is 4.49. The highest BCUT2D eigenvalue weighted by molar-refractivity contribution is 5.73. The molecule has 1 saturated heterocycles. The third kappa shape index (κ3) is 4.12. The first kappa shape index (κ1) is 25.2. The lowest BCUT2D eigenvalue weighted by atomic mass is 9.48. The number of phenols is 1. The highest BCUT2D eigenvalue weighted by Gasteiger charge is 2.67. The molecule has 5 unspecified atom stereocenters. The van der Waals surface area contributed by atoms with Gasteiger partial charge in [0, 0.05) is 35.7 Å². The van der Waals surface area contributed by atoms with Gasteiger partial charge in [0.2, 0.25) is 0 Å². The van der Waals surface area contributed by atoms with E-state index in [4.69, 9.17) is 0 Å². The van der Waals surface area contributed by atoms with Crippen LogP contribution in [0, 0.1) is 17.3 Å². The van der Waals surface area contributed by atoms with Crippen molar-refractivity contribution in [1.82, 2.24) is 9.80 Å². The van der Waals surface area contributed by atoms with Crippen molar-refractivity contribution in [2.75, 3.05) is 27.2 Å². The third-order valence-corrected chi connectivity index (χ3v) is 10.0. The number of fused-ring (bicyclic) bond motifs is 1. The molecule has 2 bridgehead atoms. The van der Waals surface area contributed by atoms with E-state index in [9.17, 15) is 14.7 Å². The summed E-state index contributed by atoms with van der Waals surface area (Å²) in [6.45, 7) is 7.58. The average molecular weight is 493 g/mol. The lowest BCUT2D eigenvalue weighted by Crippen LogP contribution is -2.66. The summed E-state index contributed by atoms with van der Waals surface area (Å²) < 4.78 is 4.36. The molecule has 1 aliphatic heterocycles. The Labute approximate surface area is 214 Å². The summed E-state index contributed by atoms with van der Waals surface area (Å²) in [5.74, 6) is 2.08. The van der Waals surface area contributed by atoms with Crippen LogP contribution in [-0.2, 0) is 11.8 Å². The number of phenolic OH excluding ortho intramolecular Hbond substituents is 1. The zero-order valence-corrected chi connectivity index (χ0v) is 22.1. The van der Waals surface area contributed by atoms with E-state index in [0.29, 0.717) is 41.0 Å². The first-order valence-corrected chi connectivity index (χ1v) is 13.5. The van der Waals surface area contributed by atoms with Gasteiger partial charge < -0.3 is 14.4 Å². The zero-order valence-electron chi connectivity index (χ0n) is 22.1. The van der Waals surface area contributed by atoms with Gasteiger partial charge >= 0.3 is 5.63 Å². The van der Waals surface area contributed by atoms with Crippen LogP contribution < -0.4 is 5.63 Å². The molecule has 2 heterocycles. The number of benzene rings is 1. The third-order valence-electron chi connectivity index (χ3n) is 10.0. The maximum Gasteiger partial charge on any atom is 0.335 e. The van der Waals surface area contributed by atoms with E-state index in [2.05, 4.69) is 54.3 Å². The van der Waals surface area contributed by atoms with Gasteiger partial charge in [-0.05, 0) is 113 Å². The molecule has 6 nitrogen and oxygen atoms in total. The Morgan fingerprint density at radius 2 is 1.97 bits per heavy atom. The molecule has 3 aliphatic carbocycles. The van der Waals surface area contributed by atoms with Gasteiger partial charge in [0.25, 0.3) is 0 Å². The Balaban J connectivity index is 0.000000252. The number of hydrogen-bond donors (Lipinski definition) is 1. The van der Waals surface area contributed by atoms with E-state index in [1.165, 1.54) is 74.9 Å². The second kappa shape index (κ2) is 9.46. The Kier molecular flexibility index (Phi) is 6.63. The van der Waals surface area contributed by atoms with Gasteiger partial charge in [-0.15, -0.1) is 0 Å². The van der Waals surface area contributed by atoms with Crippen LogP contribution in [0.4, 0.5) is 0 Å². The van der Waals surface area contributed by atoms with Gasteiger partial charge in [-0.3, -0.25) is 9.69 Å². The van der Waals surface area contributed by atoms with Gasteiger partial charge in [0.1, 0.15) is 12.0 Å². The fourth-order valence-corrected chi connectivity index (χ4v) is 7.82. The van der Waals surface area contributed by atoms with Crippen molar-refractivity contribution in [1.29, 1.82) is 0 Å². The SMILES string of the molecule is CC(C1CCC2(C)C3Cc4ccc(O)cc4C12CCN3CC1CC1)N(C)C.O=Cc1ccc(=O)oc1. The molecule has 6 heteroatoms. The van der Waals surface area contributed by atoms with Crippen LogP contribution in [-0.4, -0.2) is 60.5 Å². The van der Waals surface area contributed by atoms with Gasteiger partial charge in [0.15, 0.2) is 6.29 Å². The molecule has 36 heavy (non-hydrogen) atoms. The highest BCUT2D eigenvalue weighted by atomic mass is 16.4. The normalized spacial score (nSPS) is 31.7. The number of likely N-dealkylation sites (tertiary alicyclic amines) is 1. The molecular weight excluding hydrogens is 452 g/mol.